The second-order valence-corrected chi connectivity index (χ2v) is 5.67. The molecule has 1 aromatic carbocycles. The van der Waals surface area contributed by atoms with Crippen molar-refractivity contribution >= 4 is 23.7 Å². The third-order valence-corrected chi connectivity index (χ3v) is 3.76. The predicted molar refractivity (Wildman–Crippen MR) is 81.7 cm³/mol. The van der Waals surface area contributed by atoms with Crippen LogP contribution in [0, 0.1) is 0 Å². The summed E-state index contributed by atoms with van der Waals surface area (Å²) in [6.45, 7) is 5.62. The number of rotatable bonds is 6. The highest BCUT2D eigenvalue weighted by Crippen LogP contribution is 2.23. The van der Waals surface area contributed by atoms with Gasteiger partial charge in [0.25, 0.3) is 0 Å². The van der Waals surface area contributed by atoms with Crippen LogP contribution >= 0.6 is 11.8 Å². The molecule has 3 N–H and O–H groups in total. The van der Waals surface area contributed by atoms with E-state index in [2.05, 4.69) is 22.9 Å². The largest absolute Gasteiger partial charge is 0.341 e. The maximum Gasteiger partial charge on any atom is 0.321 e. The van der Waals surface area contributed by atoms with Crippen LogP contribution in [0.2, 0.25) is 0 Å². The molecule has 0 saturated carbocycles. The molecule has 1 rings (SSSR count). The Morgan fingerprint density at radius 2 is 1.90 bits per heavy atom. The molecule has 0 fully saturated rings. The molecule has 20 heavy (non-hydrogen) atoms. The molecule has 0 aliphatic heterocycles. The Kier molecular flexibility index (Phi) is 7.11. The highest BCUT2D eigenvalue weighted by atomic mass is 32.2. The first kappa shape index (κ1) is 16.5. The summed E-state index contributed by atoms with van der Waals surface area (Å²) in [5.74, 6) is -0.300. The lowest BCUT2D eigenvalue weighted by Gasteiger charge is -2.11. The lowest BCUT2D eigenvalue weighted by Crippen LogP contribution is -2.41. The fraction of sp³-hybridized carbons (Fsp3) is 0.429. The van der Waals surface area contributed by atoms with Crippen LogP contribution in [0.5, 0.6) is 0 Å². The molecule has 1 aromatic rings. The van der Waals surface area contributed by atoms with E-state index in [0.717, 1.165) is 18.0 Å². The van der Waals surface area contributed by atoms with Gasteiger partial charge in [-0.15, -0.1) is 11.8 Å². The molecule has 0 aliphatic rings. The van der Waals surface area contributed by atoms with Gasteiger partial charge in [-0.25, -0.2) is 4.79 Å². The molecule has 0 aromatic heterocycles. The highest BCUT2D eigenvalue weighted by molar-refractivity contribution is 8.00. The van der Waals surface area contributed by atoms with Crippen molar-refractivity contribution in [2.24, 2.45) is 0 Å². The SMILES string of the molecule is CCNCc1ccc(SC(C)C(=O)NC(=O)NC)cc1. The zero-order chi connectivity index (χ0) is 15.0. The Labute approximate surface area is 123 Å². The number of amides is 3. The Morgan fingerprint density at radius 3 is 2.45 bits per heavy atom. The second-order valence-electron chi connectivity index (χ2n) is 4.25. The molecule has 5 nitrogen and oxygen atoms in total. The molecule has 1 atom stereocenters. The van der Waals surface area contributed by atoms with Crippen molar-refractivity contribution in [2.75, 3.05) is 13.6 Å². The Bertz CT molecular complexity index is 448. The minimum atomic E-state index is -0.483. The van der Waals surface area contributed by atoms with E-state index in [0.29, 0.717) is 0 Å². The van der Waals surface area contributed by atoms with Gasteiger partial charge in [-0.1, -0.05) is 19.1 Å². The van der Waals surface area contributed by atoms with Crippen molar-refractivity contribution in [1.29, 1.82) is 0 Å². The summed E-state index contributed by atoms with van der Waals surface area (Å²) in [4.78, 5) is 23.8. The van der Waals surface area contributed by atoms with Crippen molar-refractivity contribution in [2.45, 2.75) is 30.5 Å². The van der Waals surface area contributed by atoms with Gasteiger partial charge in [-0.3, -0.25) is 10.1 Å². The predicted octanol–water partition coefficient (Wildman–Crippen LogP) is 1.73. The number of hydrogen-bond acceptors (Lipinski definition) is 4. The summed E-state index contributed by atoms with van der Waals surface area (Å²) in [7, 11) is 1.48. The van der Waals surface area contributed by atoms with Gasteiger partial charge in [-0.2, -0.15) is 0 Å². The van der Waals surface area contributed by atoms with Crippen molar-refractivity contribution < 1.29 is 9.59 Å². The monoisotopic (exact) mass is 295 g/mol. The van der Waals surface area contributed by atoms with Gasteiger partial charge in [0.2, 0.25) is 5.91 Å². The minimum Gasteiger partial charge on any atom is -0.341 e. The quantitative estimate of drug-likeness (QED) is 0.699. The van der Waals surface area contributed by atoms with E-state index in [9.17, 15) is 9.59 Å². The summed E-state index contributed by atoms with van der Waals surface area (Å²) >= 11 is 1.42. The molecule has 3 amide bonds. The molecule has 0 saturated heterocycles. The van der Waals surface area contributed by atoms with Crippen LogP contribution in [0.1, 0.15) is 19.4 Å². The Balaban J connectivity index is 2.51. The van der Waals surface area contributed by atoms with Gasteiger partial charge in [-0.05, 0) is 31.2 Å². The van der Waals surface area contributed by atoms with Crippen molar-refractivity contribution in [3.05, 3.63) is 29.8 Å². The summed E-state index contributed by atoms with van der Waals surface area (Å²) in [6, 6.07) is 7.56. The molecule has 0 bridgehead atoms. The standard InChI is InChI=1S/C14H21N3O2S/c1-4-16-9-11-5-7-12(8-6-11)20-10(2)13(18)17-14(19)15-3/h5-8,10,16H,4,9H2,1-3H3,(H2,15,17,18,19). The molecule has 0 radical (unpaired) electrons. The van der Waals surface area contributed by atoms with Crippen LogP contribution in [-0.2, 0) is 11.3 Å². The number of benzene rings is 1. The number of urea groups is 1. The van der Waals surface area contributed by atoms with E-state index >= 15 is 0 Å². The Morgan fingerprint density at radius 1 is 1.25 bits per heavy atom. The van der Waals surface area contributed by atoms with E-state index in [4.69, 9.17) is 0 Å². The van der Waals surface area contributed by atoms with Gasteiger partial charge in [0.05, 0.1) is 5.25 Å². The van der Waals surface area contributed by atoms with Crippen LogP contribution < -0.4 is 16.0 Å². The van der Waals surface area contributed by atoms with Crippen LogP contribution in [0.25, 0.3) is 0 Å². The van der Waals surface area contributed by atoms with Gasteiger partial charge in [0.15, 0.2) is 0 Å². The topological polar surface area (TPSA) is 70.2 Å². The first-order valence-corrected chi connectivity index (χ1v) is 7.43. The summed E-state index contributed by atoms with van der Waals surface area (Å²) in [5.41, 5.74) is 1.21. The maximum atomic E-state index is 11.7. The summed E-state index contributed by atoms with van der Waals surface area (Å²) in [5, 5.41) is 7.55. The molecule has 0 heterocycles. The molecule has 0 spiro atoms. The van der Waals surface area contributed by atoms with E-state index in [1.165, 1.54) is 24.4 Å². The van der Waals surface area contributed by atoms with Gasteiger partial charge >= 0.3 is 6.03 Å². The maximum absolute atomic E-state index is 11.7. The van der Waals surface area contributed by atoms with Gasteiger partial charge < -0.3 is 10.6 Å². The van der Waals surface area contributed by atoms with Crippen molar-refractivity contribution in [1.82, 2.24) is 16.0 Å². The van der Waals surface area contributed by atoms with Crippen LogP contribution in [-0.4, -0.2) is 30.8 Å². The average Bonchev–Trinajstić information content (AvgIpc) is 2.46. The lowest BCUT2D eigenvalue weighted by molar-refractivity contribution is -0.119. The summed E-state index contributed by atoms with van der Waals surface area (Å²) < 4.78 is 0. The number of carbonyl (C=O) groups excluding carboxylic acids is 2. The lowest BCUT2D eigenvalue weighted by atomic mass is 10.2. The molecule has 110 valence electrons. The number of imide groups is 1. The first-order chi connectivity index (χ1) is 9.56. The first-order valence-electron chi connectivity index (χ1n) is 6.55. The fourth-order valence-corrected chi connectivity index (χ4v) is 2.36. The molecule has 0 aliphatic carbocycles. The van der Waals surface area contributed by atoms with Gasteiger partial charge in [0.1, 0.15) is 0 Å². The number of hydrogen-bond donors (Lipinski definition) is 3. The third kappa shape index (κ3) is 5.63. The van der Waals surface area contributed by atoms with Crippen LogP contribution in [0.4, 0.5) is 4.79 Å². The average molecular weight is 295 g/mol. The number of thioether (sulfide) groups is 1. The van der Waals surface area contributed by atoms with E-state index in [-0.39, 0.29) is 11.2 Å². The molecule has 1 unspecified atom stereocenters. The van der Waals surface area contributed by atoms with Crippen LogP contribution in [0.15, 0.2) is 29.2 Å². The van der Waals surface area contributed by atoms with Crippen LogP contribution in [0.3, 0.4) is 0 Å². The highest BCUT2D eigenvalue weighted by Gasteiger charge is 2.16. The minimum absolute atomic E-state index is 0.300. The van der Waals surface area contributed by atoms with E-state index < -0.39 is 6.03 Å². The number of nitrogens with one attached hydrogen (secondary N) is 3. The zero-order valence-corrected chi connectivity index (χ0v) is 12.8. The normalized spacial score (nSPS) is 11.8. The van der Waals surface area contributed by atoms with E-state index in [1.807, 2.05) is 24.3 Å². The Hall–Kier alpha value is -1.53. The smallest absolute Gasteiger partial charge is 0.321 e. The van der Waals surface area contributed by atoms with Crippen molar-refractivity contribution in [3.63, 3.8) is 0 Å². The molecular weight excluding hydrogens is 274 g/mol. The fourth-order valence-electron chi connectivity index (χ4n) is 1.49. The van der Waals surface area contributed by atoms with Gasteiger partial charge in [0, 0.05) is 18.5 Å². The third-order valence-electron chi connectivity index (χ3n) is 2.65. The van der Waals surface area contributed by atoms with E-state index in [1.54, 1.807) is 6.92 Å². The molecule has 6 heteroatoms. The second kappa shape index (κ2) is 8.60. The van der Waals surface area contributed by atoms with Crippen molar-refractivity contribution in [3.8, 4) is 0 Å². The molecular formula is C14H21N3O2S. The zero-order valence-electron chi connectivity index (χ0n) is 12.0. The summed E-state index contributed by atoms with van der Waals surface area (Å²) in [6.07, 6.45) is 0. The number of carbonyl (C=O) groups is 2.